The Balaban J connectivity index is 2.27. The number of sulfonamides is 1. The zero-order chi connectivity index (χ0) is 14.8. The van der Waals surface area contributed by atoms with E-state index in [2.05, 4.69) is 4.72 Å². The molecule has 0 amide bonds. The summed E-state index contributed by atoms with van der Waals surface area (Å²) in [4.78, 5) is 0.192. The first kappa shape index (κ1) is 14.6. The van der Waals surface area contributed by atoms with E-state index >= 15 is 0 Å². The number of nitrogen functional groups attached to an aromatic ring is 1. The Morgan fingerprint density at radius 1 is 1.10 bits per heavy atom. The van der Waals surface area contributed by atoms with Gasteiger partial charge in [0.05, 0.1) is 4.90 Å². The van der Waals surface area contributed by atoms with Crippen LogP contribution in [0.5, 0.6) is 0 Å². The molecule has 0 fully saturated rings. The van der Waals surface area contributed by atoms with E-state index < -0.39 is 10.0 Å². The van der Waals surface area contributed by atoms with E-state index in [-0.39, 0.29) is 10.9 Å². The zero-order valence-electron chi connectivity index (χ0n) is 11.5. The van der Waals surface area contributed by atoms with Gasteiger partial charge in [0, 0.05) is 11.7 Å². The molecule has 0 aromatic heterocycles. The van der Waals surface area contributed by atoms with Crippen molar-refractivity contribution in [3.05, 3.63) is 59.7 Å². The topological polar surface area (TPSA) is 72.2 Å². The molecule has 20 heavy (non-hydrogen) atoms. The Hall–Kier alpha value is -1.85. The largest absolute Gasteiger partial charge is 0.399 e. The van der Waals surface area contributed by atoms with Gasteiger partial charge in [-0.15, -0.1) is 0 Å². The van der Waals surface area contributed by atoms with E-state index in [1.54, 1.807) is 12.1 Å². The second kappa shape index (κ2) is 5.64. The minimum atomic E-state index is -3.58. The molecule has 0 aliphatic carbocycles. The van der Waals surface area contributed by atoms with Gasteiger partial charge in [-0.3, -0.25) is 0 Å². The molecule has 4 nitrogen and oxygen atoms in total. The van der Waals surface area contributed by atoms with Crippen molar-refractivity contribution in [2.75, 3.05) is 5.73 Å². The van der Waals surface area contributed by atoms with Crippen LogP contribution in [0.4, 0.5) is 5.69 Å². The van der Waals surface area contributed by atoms with Gasteiger partial charge in [0.15, 0.2) is 0 Å². The summed E-state index contributed by atoms with van der Waals surface area (Å²) in [6, 6.07) is 13.9. The SMILES string of the molecule is Cc1cc(N)cc(S(=O)(=O)NC(C)c2ccccc2)c1. The second-order valence-electron chi connectivity index (χ2n) is 4.83. The van der Waals surface area contributed by atoms with Crippen LogP contribution in [0.25, 0.3) is 0 Å². The van der Waals surface area contributed by atoms with Crippen molar-refractivity contribution < 1.29 is 8.42 Å². The number of nitrogens with one attached hydrogen (secondary N) is 1. The summed E-state index contributed by atoms with van der Waals surface area (Å²) < 4.78 is 27.4. The summed E-state index contributed by atoms with van der Waals surface area (Å²) in [7, 11) is -3.58. The zero-order valence-corrected chi connectivity index (χ0v) is 12.3. The minimum Gasteiger partial charge on any atom is -0.399 e. The van der Waals surface area contributed by atoms with Crippen molar-refractivity contribution in [2.45, 2.75) is 24.8 Å². The van der Waals surface area contributed by atoms with Gasteiger partial charge in [0.1, 0.15) is 0 Å². The third-order valence-electron chi connectivity index (χ3n) is 3.01. The van der Waals surface area contributed by atoms with Crippen molar-refractivity contribution in [3.63, 3.8) is 0 Å². The van der Waals surface area contributed by atoms with Crippen LogP contribution in [0.1, 0.15) is 24.1 Å². The molecule has 2 rings (SSSR count). The minimum absolute atomic E-state index is 0.192. The molecule has 0 saturated carbocycles. The van der Waals surface area contributed by atoms with Crippen LogP contribution in [-0.4, -0.2) is 8.42 Å². The summed E-state index contributed by atoms with van der Waals surface area (Å²) in [5.41, 5.74) is 7.88. The Labute approximate surface area is 119 Å². The van der Waals surface area contributed by atoms with Crippen LogP contribution in [0.3, 0.4) is 0 Å². The van der Waals surface area contributed by atoms with Crippen molar-refractivity contribution in [3.8, 4) is 0 Å². The van der Waals surface area contributed by atoms with Crippen molar-refractivity contribution in [2.24, 2.45) is 0 Å². The average Bonchev–Trinajstić information content (AvgIpc) is 2.38. The second-order valence-corrected chi connectivity index (χ2v) is 6.55. The van der Waals surface area contributed by atoms with E-state index in [9.17, 15) is 8.42 Å². The van der Waals surface area contributed by atoms with Crippen molar-refractivity contribution >= 4 is 15.7 Å². The molecule has 5 heteroatoms. The Kier molecular flexibility index (Phi) is 4.11. The Morgan fingerprint density at radius 2 is 1.75 bits per heavy atom. The van der Waals surface area contributed by atoms with Crippen LogP contribution in [0.15, 0.2) is 53.4 Å². The summed E-state index contributed by atoms with van der Waals surface area (Å²) in [6.45, 7) is 3.63. The van der Waals surface area contributed by atoms with Gasteiger partial charge < -0.3 is 5.73 Å². The van der Waals surface area contributed by atoms with E-state index in [1.807, 2.05) is 44.2 Å². The lowest BCUT2D eigenvalue weighted by molar-refractivity contribution is 0.567. The first-order chi connectivity index (χ1) is 9.38. The fraction of sp³-hybridized carbons (Fsp3) is 0.200. The monoisotopic (exact) mass is 290 g/mol. The fourth-order valence-corrected chi connectivity index (χ4v) is 3.41. The summed E-state index contributed by atoms with van der Waals surface area (Å²) in [5.74, 6) is 0. The van der Waals surface area contributed by atoms with Crippen molar-refractivity contribution in [1.29, 1.82) is 0 Å². The molecular formula is C15H18N2O2S. The lowest BCUT2D eigenvalue weighted by atomic mass is 10.1. The Bertz CT molecular complexity index is 677. The van der Waals surface area contributed by atoms with Crippen LogP contribution < -0.4 is 10.5 Å². The first-order valence-electron chi connectivity index (χ1n) is 6.33. The van der Waals surface area contributed by atoms with Crippen LogP contribution in [0.2, 0.25) is 0 Å². The molecule has 1 atom stereocenters. The van der Waals surface area contributed by atoms with E-state index in [4.69, 9.17) is 5.73 Å². The highest BCUT2D eigenvalue weighted by atomic mass is 32.2. The molecule has 2 aromatic rings. The predicted molar refractivity (Wildman–Crippen MR) is 80.8 cm³/mol. The van der Waals surface area contributed by atoms with Crippen LogP contribution in [0, 0.1) is 6.92 Å². The number of nitrogens with two attached hydrogens (primary N) is 1. The number of hydrogen-bond donors (Lipinski definition) is 2. The molecule has 0 bridgehead atoms. The fourth-order valence-electron chi connectivity index (χ4n) is 2.04. The van der Waals surface area contributed by atoms with Gasteiger partial charge >= 0.3 is 0 Å². The lowest BCUT2D eigenvalue weighted by Gasteiger charge is -2.15. The molecule has 0 radical (unpaired) electrons. The summed E-state index contributed by atoms with van der Waals surface area (Å²) in [5, 5.41) is 0. The first-order valence-corrected chi connectivity index (χ1v) is 7.81. The molecule has 106 valence electrons. The molecular weight excluding hydrogens is 272 g/mol. The van der Waals surface area contributed by atoms with Gasteiger partial charge in [0.2, 0.25) is 10.0 Å². The standard InChI is InChI=1S/C15H18N2O2S/c1-11-8-14(16)10-15(9-11)20(18,19)17-12(2)13-6-4-3-5-7-13/h3-10,12,17H,16H2,1-2H3. The number of rotatable bonds is 4. The highest BCUT2D eigenvalue weighted by molar-refractivity contribution is 7.89. The number of aryl methyl sites for hydroxylation is 1. The predicted octanol–water partition coefficient (Wildman–Crippen LogP) is 2.62. The summed E-state index contributed by atoms with van der Waals surface area (Å²) in [6.07, 6.45) is 0. The molecule has 0 aliphatic heterocycles. The normalized spacial score (nSPS) is 13.1. The van der Waals surface area contributed by atoms with Crippen LogP contribution >= 0.6 is 0 Å². The third kappa shape index (κ3) is 3.37. The molecule has 0 aliphatic rings. The van der Waals surface area contributed by atoms with Gasteiger partial charge in [-0.05, 0) is 43.2 Å². The molecule has 1 unspecified atom stereocenters. The van der Waals surface area contributed by atoms with E-state index in [1.165, 1.54) is 6.07 Å². The van der Waals surface area contributed by atoms with Gasteiger partial charge in [-0.25, -0.2) is 13.1 Å². The smallest absolute Gasteiger partial charge is 0.241 e. The molecule has 3 N–H and O–H groups in total. The lowest BCUT2D eigenvalue weighted by Crippen LogP contribution is -2.27. The molecule has 0 spiro atoms. The Morgan fingerprint density at radius 3 is 2.35 bits per heavy atom. The van der Waals surface area contributed by atoms with Gasteiger partial charge in [-0.1, -0.05) is 30.3 Å². The molecule has 0 saturated heterocycles. The number of anilines is 1. The maximum absolute atomic E-state index is 12.4. The van der Waals surface area contributed by atoms with Gasteiger partial charge in [0.25, 0.3) is 0 Å². The van der Waals surface area contributed by atoms with E-state index in [0.717, 1.165) is 11.1 Å². The number of hydrogen-bond acceptors (Lipinski definition) is 3. The molecule has 0 heterocycles. The maximum atomic E-state index is 12.4. The van der Waals surface area contributed by atoms with Crippen LogP contribution in [-0.2, 0) is 10.0 Å². The van der Waals surface area contributed by atoms with Crippen molar-refractivity contribution in [1.82, 2.24) is 4.72 Å². The quantitative estimate of drug-likeness (QED) is 0.850. The number of benzene rings is 2. The third-order valence-corrected chi connectivity index (χ3v) is 4.54. The molecule has 2 aromatic carbocycles. The van der Waals surface area contributed by atoms with E-state index in [0.29, 0.717) is 5.69 Å². The summed E-state index contributed by atoms with van der Waals surface area (Å²) >= 11 is 0. The van der Waals surface area contributed by atoms with Gasteiger partial charge in [-0.2, -0.15) is 0 Å². The maximum Gasteiger partial charge on any atom is 0.241 e. The average molecular weight is 290 g/mol. The highest BCUT2D eigenvalue weighted by Gasteiger charge is 2.18. The highest BCUT2D eigenvalue weighted by Crippen LogP contribution is 2.19.